The van der Waals surface area contributed by atoms with Gasteiger partial charge in [-0.3, -0.25) is 4.68 Å². The van der Waals surface area contributed by atoms with Gasteiger partial charge in [-0.25, -0.2) is 8.42 Å². The highest BCUT2D eigenvalue weighted by Crippen LogP contribution is 2.26. The largest absolute Gasteiger partial charge is 0.265 e. The van der Waals surface area contributed by atoms with Crippen molar-refractivity contribution in [3.8, 4) is 0 Å². The van der Waals surface area contributed by atoms with Crippen molar-refractivity contribution in [3.63, 3.8) is 0 Å². The minimum atomic E-state index is -2.97. The van der Waals surface area contributed by atoms with Gasteiger partial charge in [0.1, 0.15) is 5.71 Å². The number of rotatable bonds is 5. The molecule has 1 aliphatic heterocycles. The normalized spacial score (nSPS) is 18.0. The van der Waals surface area contributed by atoms with Crippen LogP contribution >= 0.6 is 0 Å². The standard InChI is InChI=1S/C23H24N4O2S/c1-17-22(18(2)27(26-17)21-13-14-30(28,29)16-21)15-24-25-23(19-9-5-3-6-10-19)20-11-7-4-8-12-20/h3-12,15,21H,13-14,16H2,1-2H3/b24-15-/t21-/m0/s1. The zero-order valence-electron chi connectivity index (χ0n) is 17.1. The number of nitrogens with zero attached hydrogens (tertiary/aromatic N) is 4. The molecule has 3 aromatic rings. The van der Waals surface area contributed by atoms with E-state index in [1.54, 1.807) is 6.21 Å². The number of sulfone groups is 1. The summed E-state index contributed by atoms with van der Waals surface area (Å²) in [6.07, 6.45) is 2.31. The maximum Gasteiger partial charge on any atom is 0.152 e. The zero-order valence-corrected chi connectivity index (χ0v) is 17.9. The van der Waals surface area contributed by atoms with E-state index in [2.05, 4.69) is 15.3 Å². The maximum atomic E-state index is 11.8. The molecule has 0 radical (unpaired) electrons. The van der Waals surface area contributed by atoms with Crippen LogP contribution in [0.15, 0.2) is 70.9 Å². The van der Waals surface area contributed by atoms with E-state index in [1.165, 1.54) is 0 Å². The Morgan fingerprint density at radius 3 is 2.17 bits per heavy atom. The van der Waals surface area contributed by atoms with Crippen LogP contribution in [0.3, 0.4) is 0 Å². The summed E-state index contributed by atoms with van der Waals surface area (Å²) in [6.45, 7) is 3.86. The van der Waals surface area contributed by atoms with E-state index in [9.17, 15) is 8.42 Å². The van der Waals surface area contributed by atoms with Gasteiger partial charge in [-0.05, 0) is 20.3 Å². The van der Waals surface area contributed by atoms with Gasteiger partial charge in [0.05, 0.1) is 29.5 Å². The van der Waals surface area contributed by atoms with Crippen LogP contribution in [0.4, 0.5) is 0 Å². The van der Waals surface area contributed by atoms with Gasteiger partial charge in [-0.2, -0.15) is 10.2 Å². The molecule has 0 spiro atoms. The van der Waals surface area contributed by atoms with Crippen molar-refractivity contribution in [1.82, 2.24) is 9.78 Å². The Bertz CT molecular complexity index is 1160. The van der Waals surface area contributed by atoms with E-state index >= 15 is 0 Å². The van der Waals surface area contributed by atoms with E-state index in [-0.39, 0.29) is 17.5 Å². The number of hydrogen-bond donors (Lipinski definition) is 0. The molecule has 0 N–H and O–H groups in total. The molecule has 6 nitrogen and oxygen atoms in total. The van der Waals surface area contributed by atoms with Crippen LogP contribution in [0.5, 0.6) is 0 Å². The van der Waals surface area contributed by atoms with Crippen LogP contribution in [0.2, 0.25) is 0 Å². The van der Waals surface area contributed by atoms with Crippen molar-refractivity contribution in [2.24, 2.45) is 10.2 Å². The lowest BCUT2D eigenvalue weighted by Gasteiger charge is -2.10. The van der Waals surface area contributed by atoms with E-state index in [4.69, 9.17) is 0 Å². The average molecular weight is 421 g/mol. The third-order valence-corrected chi connectivity index (χ3v) is 7.12. The third kappa shape index (κ3) is 4.26. The maximum absolute atomic E-state index is 11.8. The highest BCUT2D eigenvalue weighted by atomic mass is 32.2. The van der Waals surface area contributed by atoms with E-state index in [1.807, 2.05) is 79.2 Å². The highest BCUT2D eigenvalue weighted by Gasteiger charge is 2.31. The number of hydrogen-bond acceptors (Lipinski definition) is 5. The summed E-state index contributed by atoms with van der Waals surface area (Å²) >= 11 is 0. The SMILES string of the molecule is Cc1nn([C@H]2CCS(=O)(=O)C2)c(C)c1/C=N\N=C(c1ccccc1)c1ccccc1. The van der Waals surface area contributed by atoms with Gasteiger partial charge in [-0.15, -0.1) is 5.10 Å². The summed E-state index contributed by atoms with van der Waals surface area (Å²) in [6, 6.07) is 19.8. The average Bonchev–Trinajstić information content (AvgIpc) is 3.25. The molecular weight excluding hydrogens is 396 g/mol. The summed E-state index contributed by atoms with van der Waals surface area (Å²) < 4.78 is 25.5. The molecule has 2 aromatic carbocycles. The Hall–Kier alpha value is -3.06. The summed E-state index contributed by atoms with van der Waals surface area (Å²) in [4.78, 5) is 0. The second-order valence-corrected chi connectivity index (χ2v) is 9.74. The molecule has 0 aliphatic carbocycles. The fourth-order valence-electron chi connectivity index (χ4n) is 3.80. The van der Waals surface area contributed by atoms with Crippen molar-refractivity contribution in [1.29, 1.82) is 0 Å². The number of aryl methyl sites for hydroxylation is 1. The van der Waals surface area contributed by atoms with Crippen LogP contribution in [-0.4, -0.2) is 41.6 Å². The molecule has 0 saturated carbocycles. The van der Waals surface area contributed by atoms with Crippen molar-refractivity contribution >= 4 is 21.8 Å². The predicted molar refractivity (Wildman–Crippen MR) is 120 cm³/mol. The van der Waals surface area contributed by atoms with Gasteiger partial charge in [-0.1, -0.05) is 60.7 Å². The van der Waals surface area contributed by atoms with Crippen LogP contribution in [0, 0.1) is 13.8 Å². The molecule has 1 atom stereocenters. The summed E-state index contributed by atoms with van der Waals surface area (Å²) in [5.74, 6) is 0.372. The van der Waals surface area contributed by atoms with Gasteiger partial charge in [0.15, 0.2) is 9.84 Å². The molecule has 0 unspecified atom stereocenters. The minimum absolute atomic E-state index is 0.108. The van der Waals surface area contributed by atoms with Gasteiger partial charge < -0.3 is 0 Å². The van der Waals surface area contributed by atoms with Crippen molar-refractivity contribution in [2.45, 2.75) is 26.3 Å². The number of aromatic nitrogens is 2. The first-order chi connectivity index (χ1) is 14.4. The molecule has 7 heteroatoms. The minimum Gasteiger partial charge on any atom is -0.265 e. The van der Waals surface area contributed by atoms with Gasteiger partial charge in [0.25, 0.3) is 0 Å². The molecule has 1 aromatic heterocycles. The molecule has 1 saturated heterocycles. The van der Waals surface area contributed by atoms with Crippen LogP contribution in [0.25, 0.3) is 0 Å². The molecule has 30 heavy (non-hydrogen) atoms. The second-order valence-electron chi connectivity index (χ2n) is 7.51. The smallest absolute Gasteiger partial charge is 0.152 e. The van der Waals surface area contributed by atoms with E-state index in [0.29, 0.717) is 6.42 Å². The lowest BCUT2D eigenvalue weighted by Crippen LogP contribution is -2.14. The Kier molecular flexibility index (Phi) is 5.63. The first-order valence-corrected chi connectivity index (χ1v) is 11.7. The Morgan fingerprint density at radius 2 is 1.63 bits per heavy atom. The molecule has 4 rings (SSSR count). The van der Waals surface area contributed by atoms with Crippen LogP contribution < -0.4 is 0 Å². The predicted octanol–water partition coefficient (Wildman–Crippen LogP) is 3.73. The fourth-order valence-corrected chi connectivity index (χ4v) is 5.50. The molecule has 0 bridgehead atoms. The lowest BCUT2D eigenvalue weighted by atomic mass is 10.0. The quantitative estimate of drug-likeness (QED) is 0.466. The third-order valence-electron chi connectivity index (χ3n) is 5.37. The molecule has 1 fully saturated rings. The topological polar surface area (TPSA) is 76.7 Å². The van der Waals surface area contributed by atoms with E-state index in [0.717, 1.165) is 33.8 Å². The lowest BCUT2D eigenvalue weighted by molar-refractivity contribution is 0.486. The summed E-state index contributed by atoms with van der Waals surface area (Å²) in [5, 5.41) is 13.5. The van der Waals surface area contributed by atoms with Crippen LogP contribution in [-0.2, 0) is 9.84 Å². The second kappa shape index (κ2) is 8.36. The summed E-state index contributed by atoms with van der Waals surface area (Å²) in [7, 11) is -2.97. The molecular formula is C23H24N4O2S. The Morgan fingerprint density at radius 1 is 1.03 bits per heavy atom. The van der Waals surface area contributed by atoms with Gasteiger partial charge in [0, 0.05) is 22.4 Å². The van der Waals surface area contributed by atoms with Crippen LogP contribution in [0.1, 0.15) is 40.5 Å². The van der Waals surface area contributed by atoms with Gasteiger partial charge >= 0.3 is 0 Å². The molecule has 0 amide bonds. The molecule has 154 valence electrons. The Labute approximate surface area is 176 Å². The first kappa shape index (κ1) is 20.2. The molecule has 1 aliphatic rings. The highest BCUT2D eigenvalue weighted by molar-refractivity contribution is 7.91. The Balaban J connectivity index is 1.66. The van der Waals surface area contributed by atoms with E-state index < -0.39 is 9.84 Å². The first-order valence-electron chi connectivity index (χ1n) is 9.92. The fraction of sp³-hybridized carbons (Fsp3) is 0.261. The van der Waals surface area contributed by atoms with Crippen molar-refractivity contribution < 1.29 is 8.42 Å². The zero-order chi connectivity index (χ0) is 21.1. The molecule has 2 heterocycles. The summed E-state index contributed by atoms with van der Waals surface area (Å²) in [5.41, 5.74) is 5.37. The van der Waals surface area contributed by atoms with Gasteiger partial charge in [0.2, 0.25) is 0 Å². The monoisotopic (exact) mass is 420 g/mol. The van der Waals surface area contributed by atoms with Crippen molar-refractivity contribution in [2.75, 3.05) is 11.5 Å². The number of benzene rings is 2. The van der Waals surface area contributed by atoms with Crippen molar-refractivity contribution in [3.05, 3.63) is 88.7 Å².